The molecular formula is C16H14N2O4S. The van der Waals surface area contributed by atoms with Crippen molar-refractivity contribution >= 4 is 38.6 Å². The topological polar surface area (TPSA) is 81.4 Å². The van der Waals surface area contributed by atoms with Gasteiger partial charge in [0.05, 0.1) is 22.4 Å². The maximum atomic E-state index is 12.1. The van der Waals surface area contributed by atoms with Crippen LogP contribution in [0.15, 0.2) is 34.7 Å². The summed E-state index contributed by atoms with van der Waals surface area (Å²) in [6.07, 6.45) is 0. The van der Waals surface area contributed by atoms with Crippen LogP contribution in [0.3, 0.4) is 0 Å². The summed E-state index contributed by atoms with van der Waals surface area (Å²) in [7, 11) is 0. The molecule has 2 heterocycles. The summed E-state index contributed by atoms with van der Waals surface area (Å²) < 4.78 is 11.0. The third-order valence-corrected chi connectivity index (χ3v) is 4.02. The second-order valence-corrected chi connectivity index (χ2v) is 5.82. The minimum absolute atomic E-state index is 0.231. The van der Waals surface area contributed by atoms with Crippen LogP contribution in [0, 0.1) is 6.92 Å². The number of fused-ring (bicyclic) bond motifs is 1. The molecule has 0 atom stereocenters. The molecule has 1 amide bonds. The number of esters is 1. The van der Waals surface area contributed by atoms with E-state index < -0.39 is 0 Å². The van der Waals surface area contributed by atoms with Crippen LogP contribution in [0.2, 0.25) is 0 Å². The second-order valence-electron chi connectivity index (χ2n) is 4.79. The maximum Gasteiger partial charge on any atom is 0.338 e. The van der Waals surface area contributed by atoms with E-state index in [9.17, 15) is 9.59 Å². The minimum atomic E-state index is -0.376. The van der Waals surface area contributed by atoms with Crippen LogP contribution in [0.1, 0.15) is 33.6 Å². The van der Waals surface area contributed by atoms with Crippen molar-refractivity contribution in [3.63, 3.8) is 0 Å². The molecule has 118 valence electrons. The van der Waals surface area contributed by atoms with E-state index in [4.69, 9.17) is 9.15 Å². The lowest BCUT2D eigenvalue weighted by Crippen LogP contribution is -2.10. The largest absolute Gasteiger partial charge is 0.462 e. The molecule has 0 saturated heterocycles. The zero-order chi connectivity index (χ0) is 16.4. The number of nitrogens with one attached hydrogen (secondary N) is 1. The van der Waals surface area contributed by atoms with Gasteiger partial charge in [-0.25, -0.2) is 9.78 Å². The van der Waals surface area contributed by atoms with Gasteiger partial charge in [-0.05, 0) is 44.2 Å². The zero-order valence-electron chi connectivity index (χ0n) is 12.6. The Kier molecular flexibility index (Phi) is 4.12. The Morgan fingerprint density at radius 2 is 2.13 bits per heavy atom. The molecule has 23 heavy (non-hydrogen) atoms. The van der Waals surface area contributed by atoms with Crippen molar-refractivity contribution in [2.45, 2.75) is 13.8 Å². The van der Waals surface area contributed by atoms with Crippen LogP contribution in [-0.4, -0.2) is 23.5 Å². The average Bonchev–Trinajstić information content (AvgIpc) is 3.12. The normalized spacial score (nSPS) is 10.7. The van der Waals surface area contributed by atoms with Gasteiger partial charge in [0.15, 0.2) is 10.9 Å². The summed E-state index contributed by atoms with van der Waals surface area (Å²) in [5.74, 6) is 0.162. The number of ether oxygens (including phenoxy) is 1. The first-order chi connectivity index (χ1) is 11.1. The number of carbonyl (C=O) groups is 2. The van der Waals surface area contributed by atoms with E-state index in [1.54, 1.807) is 44.2 Å². The average molecular weight is 330 g/mol. The number of aromatic nitrogens is 1. The third kappa shape index (κ3) is 3.24. The second kappa shape index (κ2) is 6.21. The van der Waals surface area contributed by atoms with Crippen LogP contribution in [-0.2, 0) is 4.74 Å². The van der Waals surface area contributed by atoms with Gasteiger partial charge >= 0.3 is 5.97 Å². The molecule has 0 bridgehead atoms. The molecule has 3 aromatic rings. The van der Waals surface area contributed by atoms with Crippen LogP contribution >= 0.6 is 11.3 Å². The van der Waals surface area contributed by atoms with Gasteiger partial charge in [-0.3, -0.25) is 10.1 Å². The number of carbonyl (C=O) groups excluding carboxylic acids is 2. The number of furan rings is 1. The quantitative estimate of drug-likeness (QED) is 0.739. The van der Waals surface area contributed by atoms with E-state index in [1.165, 1.54) is 11.3 Å². The maximum absolute atomic E-state index is 12.1. The van der Waals surface area contributed by atoms with Gasteiger partial charge in [0.25, 0.3) is 5.91 Å². The summed E-state index contributed by atoms with van der Waals surface area (Å²) in [6, 6.07) is 8.42. The number of anilines is 1. The van der Waals surface area contributed by atoms with Crippen molar-refractivity contribution in [3.8, 4) is 0 Å². The summed E-state index contributed by atoms with van der Waals surface area (Å²) in [5.41, 5.74) is 1.16. The van der Waals surface area contributed by atoms with Crippen LogP contribution < -0.4 is 5.32 Å². The molecule has 0 fully saturated rings. The molecule has 0 aliphatic heterocycles. The molecule has 3 rings (SSSR count). The van der Waals surface area contributed by atoms with Crippen LogP contribution in [0.25, 0.3) is 10.2 Å². The Labute approximate surface area is 136 Å². The fourth-order valence-corrected chi connectivity index (χ4v) is 2.93. The molecular weight excluding hydrogens is 316 g/mol. The zero-order valence-corrected chi connectivity index (χ0v) is 13.4. The fourth-order valence-electron chi connectivity index (χ4n) is 2.03. The van der Waals surface area contributed by atoms with E-state index in [1.807, 2.05) is 0 Å². The molecule has 0 radical (unpaired) electrons. The minimum Gasteiger partial charge on any atom is -0.462 e. The first kappa shape index (κ1) is 15.2. The molecule has 1 N–H and O–H groups in total. The fraction of sp³-hybridized carbons (Fsp3) is 0.188. The number of benzene rings is 1. The van der Waals surface area contributed by atoms with Crippen LogP contribution in [0.4, 0.5) is 5.13 Å². The molecule has 0 unspecified atom stereocenters. The van der Waals surface area contributed by atoms with Gasteiger partial charge in [-0.2, -0.15) is 0 Å². The first-order valence-corrected chi connectivity index (χ1v) is 7.84. The van der Waals surface area contributed by atoms with E-state index in [0.717, 1.165) is 4.70 Å². The molecule has 7 heteroatoms. The lowest BCUT2D eigenvalue weighted by molar-refractivity contribution is 0.0526. The van der Waals surface area contributed by atoms with Crippen molar-refractivity contribution in [3.05, 3.63) is 47.4 Å². The molecule has 0 spiro atoms. The SMILES string of the molecule is CCOC(=O)c1ccc2nc(NC(=O)c3ccc(C)o3)sc2c1. The standard InChI is InChI=1S/C16H14N2O4S/c1-3-21-15(20)10-5-6-11-13(8-10)23-16(17-11)18-14(19)12-7-4-9(2)22-12/h4-8H,3H2,1-2H3,(H,17,18,19). The Hall–Kier alpha value is -2.67. The molecule has 0 aliphatic rings. The van der Waals surface area contributed by atoms with Gasteiger partial charge in [-0.1, -0.05) is 11.3 Å². The summed E-state index contributed by atoms with van der Waals surface area (Å²) in [4.78, 5) is 28.1. The molecule has 2 aromatic heterocycles. The van der Waals surface area contributed by atoms with Gasteiger partial charge in [0, 0.05) is 0 Å². The number of nitrogens with zero attached hydrogens (tertiary/aromatic N) is 1. The lowest BCUT2D eigenvalue weighted by atomic mass is 10.2. The highest BCUT2D eigenvalue weighted by atomic mass is 32.1. The van der Waals surface area contributed by atoms with Crippen molar-refractivity contribution in [1.29, 1.82) is 0 Å². The first-order valence-electron chi connectivity index (χ1n) is 7.02. The van der Waals surface area contributed by atoms with Gasteiger partial charge < -0.3 is 9.15 Å². The molecule has 0 aliphatic carbocycles. The van der Waals surface area contributed by atoms with Gasteiger partial charge in [-0.15, -0.1) is 0 Å². The van der Waals surface area contributed by atoms with E-state index in [-0.39, 0.29) is 17.6 Å². The van der Waals surface area contributed by atoms with Crippen molar-refractivity contribution in [2.24, 2.45) is 0 Å². The number of hydrogen-bond acceptors (Lipinski definition) is 6. The van der Waals surface area contributed by atoms with E-state index in [0.29, 0.717) is 28.6 Å². The summed E-state index contributed by atoms with van der Waals surface area (Å²) >= 11 is 1.28. The van der Waals surface area contributed by atoms with Crippen molar-refractivity contribution in [1.82, 2.24) is 4.98 Å². The number of hydrogen-bond donors (Lipinski definition) is 1. The highest BCUT2D eigenvalue weighted by Gasteiger charge is 2.14. The van der Waals surface area contributed by atoms with Gasteiger partial charge in [0.1, 0.15) is 5.76 Å². The highest BCUT2D eigenvalue weighted by Crippen LogP contribution is 2.27. The number of amides is 1. The number of aryl methyl sites for hydroxylation is 1. The van der Waals surface area contributed by atoms with Crippen LogP contribution in [0.5, 0.6) is 0 Å². The van der Waals surface area contributed by atoms with Gasteiger partial charge in [0.2, 0.25) is 0 Å². The predicted octanol–water partition coefficient (Wildman–Crippen LogP) is 3.63. The monoisotopic (exact) mass is 330 g/mol. The Bertz CT molecular complexity index is 881. The van der Waals surface area contributed by atoms with Crippen molar-refractivity contribution in [2.75, 3.05) is 11.9 Å². The Morgan fingerprint density at radius 3 is 2.83 bits per heavy atom. The number of rotatable bonds is 4. The summed E-state index contributed by atoms with van der Waals surface area (Å²) in [5, 5.41) is 3.14. The highest BCUT2D eigenvalue weighted by molar-refractivity contribution is 7.22. The lowest BCUT2D eigenvalue weighted by Gasteiger charge is -2.00. The van der Waals surface area contributed by atoms with E-state index >= 15 is 0 Å². The smallest absolute Gasteiger partial charge is 0.338 e. The molecule has 1 aromatic carbocycles. The van der Waals surface area contributed by atoms with E-state index in [2.05, 4.69) is 10.3 Å². The number of thiazole rings is 1. The molecule has 0 saturated carbocycles. The Balaban J connectivity index is 1.82. The third-order valence-electron chi connectivity index (χ3n) is 3.08. The van der Waals surface area contributed by atoms with Crippen molar-refractivity contribution < 1.29 is 18.7 Å². The molecule has 6 nitrogen and oxygen atoms in total. The summed E-state index contributed by atoms with van der Waals surface area (Å²) in [6.45, 7) is 3.85. The predicted molar refractivity (Wildman–Crippen MR) is 87.0 cm³/mol. The Morgan fingerprint density at radius 1 is 1.30 bits per heavy atom.